The Kier molecular flexibility index (Phi) is 5.18. The van der Waals surface area contributed by atoms with Gasteiger partial charge < -0.3 is 4.74 Å². The Balaban J connectivity index is 1.64. The van der Waals surface area contributed by atoms with Gasteiger partial charge in [-0.15, -0.1) is 17.3 Å². The van der Waals surface area contributed by atoms with E-state index >= 15 is 0 Å². The lowest BCUT2D eigenvalue weighted by Gasteiger charge is -2.19. The van der Waals surface area contributed by atoms with E-state index in [1.807, 2.05) is 38.2 Å². The van der Waals surface area contributed by atoms with Gasteiger partial charge in [0.15, 0.2) is 0 Å². The molecular formula is C24H25NOS. The van der Waals surface area contributed by atoms with Crippen molar-refractivity contribution in [2.45, 2.75) is 58.5 Å². The normalized spacial score (nSPS) is 18.4. The van der Waals surface area contributed by atoms with E-state index in [2.05, 4.69) is 42.3 Å². The zero-order valence-electron chi connectivity index (χ0n) is 16.2. The van der Waals surface area contributed by atoms with Gasteiger partial charge in [-0.1, -0.05) is 23.6 Å². The fourth-order valence-corrected chi connectivity index (χ4v) is 5.05. The van der Waals surface area contributed by atoms with Crippen molar-refractivity contribution in [3.8, 4) is 28.2 Å². The molecular weight excluding hydrogens is 350 g/mol. The van der Waals surface area contributed by atoms with E-state index in [1.54, 1.807) is 11.1 Å². The zero-order valence-corrected chi connectivity index (χ0v) is 17.0. The van der Waals surface area contributed by atoms with Crippen LogP contribution in [0.3, 0.4) is 0 Å². The van der Waals surface area contributed by atoms with Crippen LogP contribution in [0.2, 0.25) is 0 Å². The molecule has 2 aliphatic rings. The standard InChI is InChI=1S/C24H25NOS/c1-4-7-18-14-19(12-13-22(18)26-16(2)3)24-25-15-23(27-24)21-11-6-9-17-8-5-10-20(17)21/h6,9,12-16,21H,5,8,10-11H2,1-3H3. The second-order valence-electron chi connectivity index (χ2n) is 7.42. The minimum atomic E-state index is 0.132. The molecule has 1 aromatic heterocycles. The predicted octanol–water partition coefficient (Wildman–Crippen LogP) is 6.49. The summed E-state index contributed by atoms with van der Waals surface area (Å²) in [6.45, 7) is 5.93. The highest BCUT2D eigenvalue weighted by Crippen LogP contribution is 2.45. The molecule has 1 heterocycles. The average molecular weight is 376 g/mol. The molecule has 0 aliphatic heterocycles. The highest BCUT2D eigenvalue weighted by atomic mass is 32.1. The van der Waals surface area contributed by atoms with Crippen molar-refractivity contribution >= 4 is 11.3 Å². The van der Waals surface area contributed by atoms with Crippen LogP contribution in [0.5, 0.6) is 5.75 Å². The van der Waals surface area contributed by atoms with Gasteiger partial charge in [0.2, 0.25) is 0 Å². The Morgan fingerprint density at radius 1 is 1.26 bits per heavy atom. The largest absolute Gasteiger partial charge is 0.490 e. The van der Waals surface area contributed by atoms with E-state index in [9.17, 15) is 0 Å². The van der Waals surface area contributed by atoms with Crippen LogP contribution in [0, 0.1) is 11.8 Å². The molecule has 0 N–H and O–H groups in total. The molecule has 0 spiro atoms. The van der Waals surface area contributed by atoms with Crippen molar-refractivity contribution in [3.63, 3.8) is 0 Å². The van der Waals surface area contributed by atoms with E-state index in [-0.39, 0.29) is 6.10 Å². The van der Waals surface area contributed by atoms with Gasteiger partial charge in [0.05, 0.1) is 11.7 Å². The van der Waals surface area contributed by atoms with Gasteiger partial charge >= 0.3 is 0 Å². The van der Waals surface area contributed by atoms with Crippen molar-refractivity contribution in [1.29, 1.82) is 0 Å². The highest BCUT2D eigenvalue weighted by molar-refractivity contribution is 7.15. The molecule has 3 heteroatoms. The first-order valence-electron chi connectivity index (χ1n) is 9.73. The Hall–Kier alpha value is -2.31. The lowest BCUT2D eigenvalue weighted by Crippen LogP contribution is -2.06. The lowest BCUT2D eigenvalue weighted by molar-refractivity contribution is 0.242. The van der Waals surface area contributed by atoms with Gasteiger partial charge in [-0.05, 0) is 70.2 Å². The van der Waals surface area contributed by atoms with Crippen molar-refractivity contribution in [1.82, 2.24) is 4.98 Å². The first-order chi connectivity index (χ1) is 13.2. The van der Waals surface area contributed by atoms with Gasteiger partial charge in [-0.3, -0.25) is 0 Å². The SMILES string of the molecule is CC#Cc1cc(-c2ncc(C3CC=CC4=C3CCC4)s2)ccc1OC(C)C. The number of aromatic nitrogens is 1. The highest BCUT2D eigenvalue weighted by Gasteiger charge is 2.26. The summed E-state index contributed by atoms with van der Waals surface area (Å²) in [6, 6.07) is 6.23. The second-order valence-corrected chi connectivity index (χ2v) is 8.48. The van der Waals surface area contributed by atoms with Gasteiger partial charge in [-0.25, -0.2) is 4.98 Å². The maximum absolute atomic E-state index is 5.90. The van der Waals surface area contributed by atoms with Crippen LogP contribution in [0.25, 0.3) is 10.6 Å². The van der Waals surface area contributed by atoms with Crippen LogP contribution in [-0.4, -0.2) is 11.1 Å². The quantitative estimate of drug-likeness (QED) is 0.570. The first-order valence-corrected chi connectivity index (χ1v) is 10.6. The fourth-order valence-electron chi connectivity index (χ4n) is 3.99. The molecule has 0 bridgehead atoms. The summed E-state index contributed by atoms with van der Waals surface area (Å²) in [5, 5.41) is 1.06. The summed E-state index contributed by atoms with van der Waals surface area (Å²) in [5.41, 5.74) is 5.26. The Bertz CT molecular complexity index is 968. The molecule has 0 saturated carbocycles. The molecule has 1 atom stereocenters. The number of benzene rings is 1. The van der Waals surface area contributed by atoms with Crippen LogP contribution in [-0.2, 0) is 0 Å². The summed E-state index contributed by atoms with van der Waals surface area (Å²) in [7, 11) is 0. The van der Waals surface area contributed by atoms with E-state index in [1.165, 1.54) is 24.1 Å². The van der Waals surface area contributed by atoms with Crippen molar-refractivity contribution in [3.05, 3.63) is 58.1 Å². The third-order valence-corrected chi connectivity index (χ3v) is 6.29. The monoisotopic (exact) mass is 375 g/mol. The number of nitrogens with zero attached hydrogens (tertiary/aromatic N) is 1. The molecule has 1 aromatic carbocycles. The molecule has 27 heavy (non-hydrogen) atoms. The third-order valence-electron chi connectivity index (χ3n) is 5.13. The summed E-state index contributed by atoms with van der Waals surface area (Å²) >= 11 is 1.82. The fraction of sp³-hybridized carbons (Fsp3) is 0.375. The van der Waals surface area contributed by atoms with Crippen molar-refractivity contribution < 1.29 is 4.74 Å². The maximum Gasteiger partial charge on any atom is 0.135 e. The summed E-state index contributed by atoms with van der Waals surface area (Å²) in [4.78, 5) is 6.13. The van der Waals surface area contributed by atoms with Gasteiger partial charge in [-0.2, -0.15) is 0 Å². The number of rotatable bonds is 4. The van der Waals surface area contributed by atoms with Gasteiger partial charge in [0.25, 0.3) is 0 Å². The number of hydrogen-bond donors (Lipinski definition) is 0. The molecule has 0 amide bonds. The molecule has 138 valence electrons. The van der Waals surface area contributed by atoms with E-state index in [4.69, 9.17) is 9.72 Å². The first kappa shape index (κ1) is 18.1. The van der Waals surface area contributed by atoms with Crippen molar-refractivity contribution in [2.24, 2.45) is 0 Å². The number of allylic oxidation sites excluding steroid dienone is 4. The number of ether oxygens (including phenoxy) is 1. The van der Waals surface area contributed by atoms with Gasteiger partial charge in [0.1, 0.15) is 10.8 Å². The number of hydrogen-bond acceptors (Lipinski definition) is 3. The lowest BCUT2D eigenvalue weighted by atomic mass is 9.87. The Labute approximate surface area is 166 Å². The van der Waals surface area contributed by atoms with E-state index in [0.29, 0.717) is 5.92 Å². The minimum absolute atomic E-state index is 0.132. The van der Waals surface area contributed by atoms with Crippen LogP contribution in [0.1, 0.15) is 62.8 Å². The molecule has 4 rings (SSSR count). The van der Waals surface area contributed by atoms with Crippen molar-refractivity contribution in [2.75, 3.05) is 0 Å². The zero-order chi connectivity index (χ0) is 18.8. The summed E-state index contributed by atoms with van der Waals surface area (Å²) < 4.78 is 5.90. The van der Waals surface area contributed by atoms with Crippen LogP contribution in [0.4, 0.5) is 0 Å². The van der Waals surface area contributed by atoms with E-state index in [0.717, 1.165) is 28.3 Å². The smallest absolute Gasteiger partial charge is 0.135 e. The topological polar surface area (TPSA) is 22.1 Å². The molecule has 2 aliphatic carbocycles. The Morgan fingerprint density at radius 3 is 2.96 bits per heavy atom. The van der Waals surface area contributed by atoms with Gasteiger partial charge in [0, 0.05) is 22.6 Å². The molecule has 2 aromatic rings. The van der Waals surface area contributed by atoms with Crippen LogP contribution in [0.15, 0.2) is 47.7 Å². The second kappa shape index (κ2) is 7.74. The summed E-state index contributed by atoms with van der Waals surface area (Å²) in [6.07, 6.45) is 11.8. The maximum atomic E-state index is 5.90. The molecule has 0 fully saturated rings. The molecule has 0 radical (unpaired) electrons. The average Bonchev–Trinajstić information content (AvgIpc) is 3.32. The molecule has 1 unspecified atom stereocenters. The Morgan fingerprint density at radius 2 is 2.15 bits per heavy atom. The molecule has 2 nitrogen and oxygen atoms in total. The van der Waals surface area contributed by atoms with Crippen LogP contribution < -0.4 is 4.74 Å². The van der Waals surface area contributed by atoms with Crippen LogP contribution >= 0.6 is 11.3 Å². The minimum Gasteiger partial charge on any atom is -0.490 e. The van der Waals surface area contributed by atoms with E-state index < -0.39 is 0 Å². The third kappa shape index (κ3) is 3.73. The number of thiazole rings is 1. The molecule has 0 saturated heterocycles. The summed E-state index contributed by atoms with van der Waals surface area (Å²) in [5.74, 6) is 7.55. The predicted molar refractivity (Wildman–Crippen MR) is 113 cm³/mol.